The number of rotatable bonds is 4. The van der Waals surface area contributed by atoms with Gasteiger partial charge in [-0.15, -0.1) is 0 Å². The summed E-state index contributed by atoms with van der Waals surface area (Å²) in [4.78, 5) is 0. The standard InChI is InChI=1S/C54H34/c1-3-18-42-35(12-1)14-10-24-44(42)37-26-28-38(29-27-37)51-34-53-47-21-6-5-20-46(47)52-33-40(30-31-50(52)54(53)49-23-8-7-22-48(49)51)39-16-9-17-41(32-39)45-25-11-15-36-13-2-4-19-43(36)45/h1-34H. The van der Waals surface area contributed by atoms with Crippen LogP contribution >= 0.6 is 0 Å². The summed E-state index contributed by atoms with van der Waals surface area (Å²) in [6.07, 6.45) is 0. The van der Waals surface area contributed by atoms with Crippen LogP contribution in [-0.4, -0.2) is 0 Å². The first kappa shape index (κ1) is 30.6. The summed E-state index contributed by atoms with van der Waals surface area (Å²) in [5, 5.41) is 15.4. The summed E-state index contributed by atoms with van der Waals surface area (Å²) < 4.78 is 0. The minimum atomic E-state index is 1.22. The van der Waals surface area contributed by atoms with E-state index in [0.717, 1.165) is 0 Å². The van der Waals surface area contributed by atoms with Gasteiger partial charge in [0.25, 0.3) is 0 Å². The lowest BCUT2D eigenvalue weighted by Gasteiger charge is -2.17. The van der Waals surface area contributed by atoms with E-state index in [9.17, 15) is 0 Å². The SMILES string of the molecule is c1cc(-c2ccc3c(c2)c2ccccc2c2cc(-c4ccc(-c5cccc6ccccc56)cc4)c4ccccc4c32)cc(-c2cccc3ccccc23)c1. The highest BCUT2D eigenvalue weighted by molar-refractivity contribution is 6.33. The molecule has 0 nitrogen and oxygen atoms in total. The molecule has 0 saturated heterocycles. The van der Waals surface area contributed by atoms with E-state index in [4.69, 9.17) is 0 Å². The van der Waals surface area contributed by atoms with Crippen LogP contribution in [0.15, 0.2) is 206 Å². The molecule has 0 radical (unpaired) electrons. The van der Waals surface area contributed by atoms with E-state index in [1.807, 2.05) is 0 Å². The Labute approximate surface area is 314 Å². The van der Waals surface area contributed by atoms with Crippen molar-refractivity contribution in [2.75, 3.05) is 0 Å². The third-order valence-corrected chi connectivity index (χ3v) is 11.4. The summed E-state index contributed by atoms with van der Waals surface area (Å²) in [6, 6.07) is 76.1. The van der Waals surface area contributed by atoms with Crippen molar-refractivity contribution in [2.24, 2.45) is 0 Å². The fourth-order valence-electron chi connectivity index (χ4n) is 8.88. The molecule has 11 rings (SSSR count). The van der Waals surface area contributed by atoms with Gasteiger partial charge in [-0.1, -0.05) is 188 Å². The second-order valence-electron chi connectivity index (χ2n) is 14.4. The van der Waals surface area contributed by atoms with Crippen molar-refractivity contribution in [3.63, 3.8) is 0 Å². The summed E-state index contributed by atoms with van der Waals surface area (Å²) in [7, 11) is 0. The van der Waals surface area contributed by atoms with Gasteiger partial charge in [-0.05, 0) is 127 Å². The van der Waals surface area contributed by atoms with Gasteiger partial charge in [-0.2, -0.15) is 0 Å². The number of hydrogen-bond acceptors (Lipinski definition) is 0. The van der Waals surface area contributed by atoms with Crippen molar-refractivity contribution in [2.45, 2.75) is 0 Å². The zero-order valence-corrected chi connectivity index (χ0v) is 29.6. The maximum atomic E-state index is 2.44. The molecule has 0 bridgehead atoms. The molecule has 0 aliphatic heterocycles. The molecule has 0 aliphatic rings. The third-order valence-electron chi connectivity index (χ3n) is 11.4. The van der Waals surface area contributed by atoms with Gasteiger partial charge in [0.1, 0.15) is 0 Å². The second kappa shape index (κ2) is 12.3. The Morgan fingerprint density at radius 2 is 0.630 bits per heavy atom. The first-order valence-corrected chi connectivity index (χ1v) is 18.8. The van der Waals surface area contributed by atoms with Crippen molar-refractivity contribution >= 4 is 64.6 Å². The highest BCUT2D eigenvalue weighted by Gasteiger charge is 2.16. The fourth-order valence-corrected chi connectivity index (χ4v) is 8.88. The predicted octanol–water partition coefficient (Wildman–Crippen LogP) is 15.3. The summed E-state index contributed by atoms with van der Waals surface area (Å²) in [5.41, 5.74) is 9.92. The summed E-state index contributed by atoms with van der Waals surface area (Å²) in [6.45, 7) is 0. The monoisotopic (exact) mass is 682 g/mol. The van der Waals surface area contributed by atoms with E-state index in [-0.39, 0.29) is 0 Å². The molecule has 54 heavy (non-hydrogen) atoms. The molecule has 250 valence electrons. The zero-order chi connectivity index (χ0) is 35.6. The first-order chi connectivity index (χ1) is 26.8. The molecule has 0 amide bonds. The number of benzene rings is 11. The second-order valence-corrected chi connectivity index (χ2v) is 14.4. The van der Waals surface area contributed by atoms with Crippen molar-refractivity contribution in [3.05, 3.63) is 206 Å². The van der Waals surface area contributed by atoms with E-state index in [1.165, 1.54) is 109 Å². The van der Waals surface area contributed by atoms with Crippen LogP contribution < -0.4 is 0 Å². The molecule has 11 aromatic rings. The Hall–Kier alpha value is -7.02. The van der Waals surface area contributed by atoms with Crippen LogP contribution in [0.2, 0.25) is 0 Å². The molecule has 0 saturated carbocycles. The predicted molar refractivity (Wildman–Crippen MR) is 233 cm³/mol. The maximum Gasteiger partial charge on any atom is -0.00199 e. The Bertz CT molecular complexity index is 3250. The highest BCUT2D eigenvalue weighted by atomic mass is 14.2. The minimum absolute atomic E-state index is 1.22. The van der Waals surface area contributed by atoms with Crippen molar-refractivity contribution in [1.82, 2.24) is 0 Å². The molecule has 0 heterocycles. The highest BCUT2D eigenvalue weighted by Crippen LogP contribution is 2.44. The van der Waals surface area contributed by atoms with Gasteiger partial charge in [0.15, 0.2) is 0 Å². The normalized spacial score (nSPS) is 11.7. The zero-order valence-electron chi connectivity index (χ0n) is 29.6. The van der Waals surface area contributed by atoms with Crippen LogP contribution in [0.5, 0.6) is 0 Å². The molecule has 0 N–H and O–H groups in total. The average molecular weight is 683 g/mol. The van der Waals surface area contributed by atoms with Crippen LogP contribution in [0, 0.1) is 0 Å². The fraction of sp³-hybridized carbons (Fsp3) is 0. The van der Waals surface area contributed by atoms with Crippen LogP contribution in [0.3, 0.4) is 0 Å². The van der Waals surface area contributed by atoms with Gasteiger partial charge in [0, 0.05) is 0 Å². The van der Waals surface area contributed by atoms with Gasteiger partial charge >= 0.3 is 0 Å². The van der Waals surface area contributed by atoms with Crippen LogP contribution in [0.25, 0.3) is 109 Å². The quantitative estimate of drug-likeness (QED) is 0.162. The first-order valence-electron chi connectivity index (χ1n) is 18.8. The molecule has 0 spiro atoms. The van der Waals surface area contributed by atoms with Gasteiger partial charge < -0.3 is 0 Å². The average Bonchev–Trinajstić information content (AvgIpc) is 3.25. The molecule has 0 unspecified atom stereocenters. The Morgan fingerprint density at radius 3 is 1.31 bits per heavy atom. The molecule has 11 aromatic carbocycles. The largest absolute Gasteiger partial charge is 0.0616 e. The Balaban J connectivity index is 1.09. The molecule has 0 heteroatoms. The topological polar surface area (TPSA) is 0 Å². The lowest BCUT2D eigenvalue weighted by atomic mass is 9.86. The van der Waals surface area contributed by atoms with Crippen molar-refractivity contribution < 1.29 is 0 Å². The van der Waals surface area contributed by atoms with Crippen LogP contribution in [-0.2, 0) is 0 Å². The number of fused-ring (bicyclic) bond motifs is 10. The van der Waals surface area contributed by atoms with Crippen molar-refractivity contribution in [1.29, 1.82) is 0 Å². The van der Waals surface area contributed by atoms with E-state index < -0.39 is 0 Å². The minimum Gasteiger partial charge on any atom is -0.0616 e. The van der Waals surface area contributed by atoms with E-state index in [2.05, 4.69) is 206 Å². The van der Waals surface area contributed by atoms with Gasteiger partial charge in [0.2, 0.25) is 0 Å². The van der Waals surface area contributed by atoms with E-state index >= 15 is 0 Å². The van der Waals surface area contributed by atoms with E-state index in [0.29, 0.717) is 0 Å². The Morgan fingerprint density at radius 1 is 0.185 bits per heavy atom. The van der Waals surface area contributed by atoms with Gasteiger partial charge in [-0.3, -0.25) is 0 Å². The molecule has 0 aromatic heterocycles. The molecule has 0 aliphatic carbocycles. The van der Waals surface area contributed by atoms with Crippen molar-refractivity contribution in [3.8, 4) is 44.5 Å². The molecular formula is C54H34. The lowest BCUT2D eigenvalue weighted by molar-refractivity contribution is 1.62. The molecule has 0 atom stereocenters. The number of hydrogen-bond donors (Lipinski definition) is 0. The summed E-state index contributed by atoms with van der Waals surface area (Å²) >= 11 is 0. The third kappa shape index (κ3) is 4.85. The molecule has 0 fully saturated rings. The smallest absolute Gasteiger partial charge is 0.00199 e. The van der Waals surface area contributed by atoms with Gasteiger partial charge in [-0.25, -0.2) is 0 Å². The Kier molecular flexibility index (Phi) is 6.97. The maximum absolute atomic E-state index is 2.44. The lowest BCUT2D eigenvalue weighted by Crippen LogP contribution is -1.90. The molecular weight excluding hydrogens is 649 g/mol. The van der Waals surface area contributed by atoms with Gasteiger partial charge in [0.05, 0.1) is 0 Å². The van der Waals surface area contributed by atoms with E-state index in [1.54, 1.807) is 0 Å². The summed E-state index contributed by atoms with van der Waals surface area (Å²) in [5.74, 6) is 0. The van der Waals surface area contributed by atoms with Crippen LogP contribution in [0.1, 0.15) is 0 Å². The van der Waals surface area contributed by atoms with Crippen LogP contribution in [0.4, 0.5) is 0 Å².